The lowest BCUT2D eigenvalue weighted by molar-refractivity contribution is 0.323. The standard InChI is InChI=1S/C9H23N3.3C2H6/c1-10-6-4-8-12(3)9-5-7-11-2;3*1-2/h10-11H,4-9H2,1-3H3;3*1-2H3. The second-order valence-corrected chi connectivity index (χ2v) is 3.22. The summed E-state index contributed by atoms with van der Waals surface area (Å²) in [5.74, 6) is 0. The summed E-state index contributed by atoms with van der Waals surface area (Å²) in [6.07, 6.45) is 2.49. The van der Waals surface area contributed by atoms with Crippen LogP contribution in [0.1, 0.15) is 54.4 Å². The van der Waals surface area contributed by atoms with E-state index in [1.807, 2.05) is 55.6 Å². The molecule has 0 atom stereocenters. The summed E-state index contributed by atoms with van der Waals surface area (Å²) in [5.41, 5.74) is 0. The summed E-state index contributed by atoms with van der Waals surface area (Å²) in [5, 5.41) is 6.30. The Labute approximate surface area is 118 Å². The molecule has 0 saturated carbocycles. The molecule has 0 rings (SSSR count). The van der Waals surface area contributed by atoms with E-state index in [-0.39, 0.29) is 0 Å². The molecule has 2 N–H and O–H groups in total. The van der Waals surface area contributed by atoms with Crippen LogP contribution < -0.4 is 10.6 Å². The van der Waals surface area contributed by atoms with E-state index in [1.54, 1.807) is 0 Å². The molecule has 18 heavy (non-hydrogen) atoms. The lowest BCUT2D eigenvalue weighted by Gasteiger charge is -2.15. The summed E-state index contributed by atoms with van der Waals surface area (Å²) in [6, 6.07) is 0. The number of hydrogen-bond donors (Lipinski definition) is 2. The Kier molecular flexibility index (Phi) is 52.8. The van der Waals surface area contributed by atoms with Crippen molar-refractivity contribution in [2.45, 2.75) is 54.4 Å². The predicted octanol–water partition coefficient (Wildman–Crippen LogP) is 3.22. The van der Waals surface area contributed by atoms with Crippen molar-refractivity contribution in [3.05, 3.63) is 0 Å². The SMILES string of the molecule is CC.CC.CC.CNCCCN(C)CCCNC. The van der Waals surface area contributed by atoms with Gasteiger partial charge in [-0.2, -0.15) is 0 Å². The van der Waals surface area contributed by atoms with E-state index in [4.69, 9.17) is 0 Å². The lowest BCUT2D eigenvalue weighted by atomic mass is 10.3. The van der Waals surface area contributed by atoms with Gasteiger partial charge in [0.1, 0.15) is 0 Å². The van der Waals surface area contributed by atoms with Crippen LogP contribution in [0.2, 0.25) is 0 Å². The number of hydrogen-bond acceptors (Lipinski definition) is 3. The van der Waals surface area contributed by atoms with Crippen LogP contribution in [0.3, 0.4) is 0 Å². The van der Waals surface area contributed by atoms with Crippen molar-refractivity contribution >= 4 is 0 Å². The van der Waals surface area contributed by atoms with Crippen LogP contribution in [-0.4, -0.2) is 52.2 Å². The maximum atomic E-state index is 3.15. The maximum Gasteiger partial charge on any atom is -0.000968 e. The molecule has 0 unspecified atom stereocenters. The van der Waals surface area contributed by atoms with E-state index in [1.165, 1.54) is 25.9 Å². The van der Waals surface area contributed by atoms with Crippen LogP contribution in [0.4, 0.5) is 0 Å². The molecule has 0 aromatic heterocycles. The molecule has 0 aromatic rings. The van der Waals surface area contributed by atoms with E-state index in [2.05, 4.69) is 22.6 Å². The fourth-order valence-electron chi connectivity index (χ4n) is 1.16. The van der Waals surface area contributed by atoms with Crippen molar-refractivity contribution in [1.82, 2.24) is 15.5 Å². The first-order valence-electron chi connectivity index (χ1n) is 7.79. The fourth-order valence-corrected chi connectivity index (χ4v) is 1.16. The van der Waals surface area contributed by atoms with Crippen LogP contribution in [0.25, 0.3) is 0 Å². The summed E-state index contributed by atoms with van der Waals surface area (Å²) in [4.78, 5) is 2.38. The topological polar surface area (TPSA) is 27.3 Å². The van der Waals surface area contributed by atoms with Gasteiger partial charge in [0, 0.05) is 0 Å². The molecule has 0 aromatic carbocycles. The highest BCUT2D eigenvalue weighted by Crippen LogP contribution is 1.88. The van der Waals surface area contributed by atoms with Crippen molar-refractivity contribution in [2.24, 2.45) is 0 Å². The van der Waals surface area contributed by atoms with Crippen LogP contribution in [-0.2, 0) is 0 Å². The molecular weight excluding hydrogens is 222 g/mol. The summed E-state index contributed by atoms with van der Waals surface area (Å²) < 4.78 is 0. The van der Waals surface area contributed by atoms with E-state index in [0.717, 1.165) is 13.1 Å². The van der Waals surface area contributed by atoms with E-state index in [0.29, 0.717) is 0 Å². The average molecular weight is 264 g/mol. The first-order chi connectivity index (χ1) is 8.81. The Morgan fingerprint density at radius 2 is 0.944 bits per heavy atom. The molecule has 0 aliphatic carbocycles. The van der Waals surface area contributed by atoms with Gasteiger partial charge in [-0.3, -0.25) is 0 Å². The van der Waals surface area contributed by atoms with Gasteiger partial charge in [0.15, 0.2) is 0 Å². The molecule has 3 heteroatoms. The van der Waals surface area contributed by atoms with Crippen LogP contribution in [0.15, 0.2) is 0 Å². The summed E-state index contributed by atoms with van der Waals surface area (Å²) in [6.45, 7) is 16.6. The van der Waals surface area contributed by atoms with Gasteiger partial charge in [-0.1, -0.05) is 41.5 Å². The lowest BCUT2D eigenvalue weighted by Crippen LogP contribution is -2.25. The van der Waals surface area contributed by atoms with Crippen molar-refractivity contribution in [2.75, 3.05) is 47.3 Å². The van der Waals surface area contributed by atoms with Gasteiger partial charge >= 0.3 is 0 Å². The molecule has 0 heterocycles. The van der Waals surface area contributed by atoms with Crippen LogP contribution in [0, 0.1) is 0 Å². The Hall–Kier alpha value is -0.120. The quantitative estimate of drug-likeness (QED) is 0.659. The van der Waals surface area contributed by atoms with E-state index < -0.39 is 0 Å². The highest BCUT2D eigenvalue weighted by molar-refractivity contribution is 4.53. The van der Waals surface area contributed by atoms with Gasteiger partial charge in [0.2, 0.25) is 0 Å². The third kappa shape index (κ3) is 36.0. The highest BCUT2D eigenvalue weighted by atomic mass is 15.1. The Morgan fingerprint density at radius 3 is 1.17 bits per heavy atom. The molecule has 0 aliphatic rings. The Balaban J connectivity index is -0.000000141. The minimum absolute atomic E-state index is 1.12. The number of nitrogens with zero attached hydrogens (tertiary/aromatic N) is 1. The molecule has 0 radical (unpaired) electrons. The molecule has 0 spiro atoms. The third-order valence-corrected chi connectivity index (χ3v) is 1.93. The molecule has 3 nitrogen and oxygen atoms in total. The van der Waals surface area contributed by atoms with Crippen molar-refractivity contribution in [1.29, 1.82) is 0 Å². The zero-order chi connectivity index (χ0) is 15.2. The Morgan fingerprint density at radius 1 is 0.667 bits per heavy atom. The first-order valence-corrected chi connectivity index (χ1v) is 7.79. The van der Waals surface area contributed by atoms with Gasteiger partial charge in [-0.15, -0.1) is 0 Å². The molecule has 0 bridgehead atoms. The Bertz CT molecular complexity index is 77.8. The molecule has 0 amide bonds. The van der Waals surface area contributed by atoms with Crippen LogP contribution in [0.5, 0.6) is 0 Å². The molecule has 0 saturated heterocycles. The predicted molar refractivity (Wildman–Crippen MR) is 88.6 cm³/mol. The van der Waals surface area contributed by atoms with E-state index in [9.17, 15) is 0 Å². The zero-order valence-corrected chi connectivity index (χ0v) is 14.7. The van der Waals surface area contributed by atoms with Gasteiger partial charge < -0.3 is 15.5 Å². The largest absolute Gasteiger partial charge is 0.320 e. The fraction of sp³-hybridized carbons (Fsp3) is 1.00. The first kappa shape index (κ1) is 26.4. The molecule has 0 fully saturated rings. The van der Waals surface area contributed by atoms with Gasteiger partial charge in [-0.05, 0) is 60.2 Å². The number of nitrogens with one attached hydrogen (secondary N) is 2. The highest BCUT2D eigenvalue weighted by Gasteiger charge is 1.95. The monoisotopic (exact) mass is 263 g/mol. The molecule has 0 aliphatic heterocycles. The summed E-state index contributed by atoms with van der Waals surface area (Å²) in [7, 11) is 6.19. The summed E-state index contributed by atoms with van der Waals surface area (Å²) >= 11 is 0. The normalized spacial score (nSPS) is 8.33. The smallest absolute Gasteiger partial charge is 0.000968 e. The molecule has 116 valence electrons. The van der Waals surface area contributed by atoms with Crippen molar-refractivity contribution in [3.63, 3.8) is 0 Å². The van der Waals surface area contributed by atoms with Crippen LogP contribution >= 0.6 is 0 Å². The van der Waals surface area contributed by atoms with Crippen molar-refractivity contribution in [3.8, 4) is 0 Å². The number of rotatable bonds is 8. The van der Waals surface area contributed by atoms with Gasteiger partial charge in [0.05, 0.1) is 0 Å². The second-order valence-electron chi connectivity index (χ2n) is 3.22. The second kappa shape index (κ2) is 36.0. The minimum Gasteiger partial charge on any atom is -0.320 e. The third-order valence-electron chi connectivity index (χ3n) is 1.93. The van der Waals surface area contributed by atoms with E-state index >= 15 is 0 Å². The zero-order valence-electron chi connectivity index (χ0n) is 14.7. The average Bonchev–Trinajstić information content (AvgIpc) is 2.46. The van der Waals surface area contributed by atoms with Gasteiger partial charge in [-0.25, -0.2) is 0 Å². The van der Waals surface area contributed by atoms with Crippen molar-refractivity contribution < 1.29 is 0 Å². The van der Waals surface area contributed by atoms with Gasteiger partial charge in [0.25, 0.3) is 0 Å². The maximum absolute atomic E-state index is 3.15. The minimum atomic E-state index is 1.12. The molecular formula is C15H41N3.